The average Bonchev–Trinajstić information content (AvgIpc) is 3.16. The Morgan fingerprint density at radius 3 is 1.56 bits per heavy atom. The number of hydrogen-bond donors (Lipinski definition) is 3. The van der Waals surface area contributed by atoms with Crippen LogP contribution in [-0.2, 0) is 27.9 Å². The van der Waals surface area contributed by atoms with Gasteiger partial charge in [0.05, 0.1) is 13.2 Å². The number of aliphatic hydroxyl groups is 1. The van der Waals surface area contributed by atoms with Gasteiger partial charge >= 0.3 is 13.8 Å². The molecule has 0 aromatic heterocycles. The molecule has 10 heteroatoms. The summed E-state index contributed by atoms with van der Waals surface area (Å²) in [6.45, 7) is 3.37. The van der Waals surface area contributed by atoms with Crippen LogP contribution in [0.3, 0.4) is 0 Å². The molecule has 0 aliphatic rings. The van der Waals surface area contributed by atoms with Gasteiger partial charge in [0.15, 0.2) is 0 Å². The summed E-state index contributed by atoms with van der Waals surface area (Å²) in [5.74, 6) is -0.576. The summed E-state index contributed by atoms with van der Waals surface area (Å²) in [6, 6.07) is 0. The zero-order valence-electron chi connectivity index (χ0n) is 34.1. The van der Waals surface area contributed by atoms with Gasteiger partial charge in [-0.2, -0.15) is 0 Å². The summed E-state index contributed by atoms with van der Waals surface area (Å²) >= 11 is 0. The standard InChI is InChI=1S/C44H78NO8P/c1-3-5-7-9-11-13-15-17-19-21-22-24-26-28-30-32-34-36-43(47)45-38-39-52-54(49,50)53-41-42(46)40-51-44(48)37-35-33-31-29-27-25-23-20-18-16-14-12-10-8-6-4-2/h5,7,11,13,17,19,22,24,28,30,42,46H,3-4,6,8-10,12,14-16,18,20-21,23,25-27,29,31-41H2,1-2H3,(H,45,47)(H,49,50)/b7-5-,13-11-,19-17-,24-22-,30-28-. The van der Waals surface area contributed by atoms with E-state index in [-0.39, 0.29) is 32.1 Å². The molecular formula is C44H78NO8P. The van der Waals surface area contributed by atoms with E-state index in [0.29, 0.717) is 12.8 Å². The summed E-state index contributed by atoms with van der Waals surface area (Å²) < 4.78 is 26.8. The lowest BCUT2D eigenvalue weighted by molar-refractivity contribution is -0.147. The third-order valence-corrected chi connectivity index (χ3v) is 9.70. The third-order valence-electron chi connectivity index (χ3n) is 8.71. The van der Waals surface area contributed by atoms with Crippen LogP contribution in [0.1, 0.15) is 174 Å². The summed E-state index contributed by atoms with van der Waals surface area (Å²) in [7, 11) is -4.43. The molecule has 0 radical (unpaired) electrons. The highest BCUT2D eigenvalue weighted by Crippen LogP contribution is 2.42. The largest absolute Gasteiger partial charge is 0.472 e. The number of unbranched alkanes of at least 4 members (excludes halogenated alkanes) is 16. The first kappa shape index (κ1) is 51.7. The second-order valence-electron chi connectivity index (χ2n) is 13.9. The molecule has 1 amide bonds. The van der Waals surface area contributed by atoms with Crippen molar-refractivity contribution >= 4 is 19.7 Å². The molecule has 0 saturated heterocycles. The fourth-order valence-electron chi connectivity index (χ4n) is 5.53. The van der Waals surface area contributed by atoms with Crippen molar-refractivity contribution in [2.45, 2.75) is 180 Å². The molecule has 2 atom stereocenters. The van der Waals surface area contributed by atoms with Gasteiger partial charge in [-0.1, -0.05) is 171 Å². The number of ether oxygens (including phenoxy) is 1. The molecule has 0 bridgehead atoms. The maximum absolute atomic E-state index is 12.1. The number of esters is 1. The van der Waals surface area contributed by atoms with Gasteiger partial charge in [0.1, 0.15) is 12.7 Å². The molecule has 54 heavy (non-hydrogen) atoms. The van der Waals surface area contributed by atoms with Crippen molar-refractivity contribution in [3.05, 3.63) is 60.8 Å². The number of rotatable bonds is 39. The first-order valence-corrected chi connectivity index (χ1v) is 22.8. The van der Waals surface area contributed by atoms with E-state index < -0.39 is 26.5 Å². The Bertz CT molecular complexity index is 1070. The molecular weight excluding hydrogens is 701 g/mol. The number of carbonyl (C=O) groups is 2. The number of phosphoric ester groups is 1. The van der Waals surface area contributed by atoms with Crippen LogP contribution in [0.2, 0.25) is 0 Å². The maximum atomic E-state index is 12.1. The monoisotopic (exact) mass is 780 g/mol. The average molecular weight is 780 g/mol. The fourth-order valence-corrected chi connectivity index (χ4v) is 6.29. The summed E-state index contributed by atoms with van der Waals surface area (Å²) in [5.41, 5.74) is 0. The highest BCUT2D eigenvalue weighted by Gasteiger charge is 2.23. The smallest absolute Gasteiger partial charge is 0.463 e. The quantitative estimate of drug-likeness (QED) is 0.0243. The van der Waals surface area contributed by atoms with Gasteiger partial charge in [-0.25, -0.2) is 4.57 Å². The molecule has 0 spiro atoms. The number of phosphoric acid groups is 1. The second kappa shape index (κ2) is 40.4. The number of carbonyl (C=O) groups excluding carboxylic acids is 2. The van der Waals surface area contributed by atoms with Crippen molar-refractivity contribution in [2.75, 3.05) is 26.4 Å². The molecule has 0 rings (SSSR count). The molecule has 0 aromatic rings. The van der Waals surface area contributed by atoms with Crippen molar-refractivity contribution < 1.29 is 37.9 Å². The van der Waals surface area contributed by atoms with Gasteiger partial charge in [0.25, 0.3) is 0 Å². The third kappa shape index (κ3) is 40.9. The van der Waals surface area contributed by atoms with Crippen molar-refractivity contribution in [3.8, 4) is 0 Å². The van der Waals surface area contributed by atoms with E-state index >= 15 is 0 Å². The minimum Gasteiger partial charge on any atom is -0.463 e. The number of amides is 1. The van der Waals surface area contributed by atoms with Gasteiger partial charge < -0.3 is 20.1 Å². The Labute approximate surface area is 329 Å². The lowest BCUT2D eigenvalue weighted by Gasteiger charge is -2.15. The van der Waals surface area contributed by atoms with Crippen LogP contribution in [0.25, 0.3) is 0 Å². The van der Waals surface area contributed by atoms with Gasteiger partial charge in [-0.15, -0.1) is 0 Å². The second-order valence-corrected chi connectivity index (χ2v) is 15.4. The van der Waals surface area contributed by atoms with Crippen molar-refractivity contribution in [3.63, 3.8) is 0 Å². The first-order chi connectivity index (χ1) is 26.3. The van der Waals surface area contributed by atoms with Crippen molar-refractivity contribution in [1.29, 1.82) is 0 Å². The minimum absolute atomic E-state index is 0.0495. The number of hydrogen-bond acceptors (Lipinski definition) is 7. The van der Waals surface area contributed by atoms with Crippen LogP contribution in [0.15, 0.2) is 60.8 Å². The Hall–Kier alpha value is -2.29. The van der Waals surface area contributed by atoms with Crippen LogP contribution < -0.4 is 5.32 Å². The molecule has 0 fully saturated rings. The first-order valence-electron chi connectivity index (χ1n) is 21.3. The van der Waals surface area contributed by atoms with Crippen LogP contribution in [-0.4, -0.2) is 54.3 Å². The Balaban J connectivity index is 3.68. The van der Waals surface area contributed by atoms with E-state index in [9.17, 15) is 24.2 Å². The molecule has 0 aliphatic heterocycles. The highest BCUT2D eigenvalue weighted by atomic mass is 31.2. The SMILES string of the molecule is CC/C=C\C/C=C\C/C=C\C/C=C\C/C=C\CCCC(=O)NCCOP(=O)(O)OCC(O)COC(=O)CCCCCCCCCCCCCCCCCC. The van der Waals surface area contributed by atoms with Crippen LogP contribution in [0, 0.1) is 0 Å². The predicted molar refractivity (Wildman–Crippen MR) is 224 cm³/mol. The number of nitrogens with one attached hydrogen (secondary N) is 1. The van der Waals surface area contributed by atoms with Crippen molar-refractivity contribution in [1.82, 2.24) is 5.32 Å². The van der Waals surface area contributed by atoms with E-state index in [4.69, 9.17) is 13.8 Å². The number of allylic oxidation sites excluding steroid dienone is 10. The molecule has 9 nitrogen and oxygen atoms in total. The van der Waals surface area contributed by atoms with Gasteiger partial charge in [-0.05, 0) is 51.4 Å². The molecule has 3 N–H and O–H groups in total. The number of aliphatic hydroxyl groups excluding tert-OH is 1. The van der Waals surface area contributed by atoms with Crippen LogP contribution in [0.4, 0.5) is 0 Å². The van der Waals surface area contributed by atoms with E-state index in [0.717, 1.165) is 57.8 Å². The van der Waals surface area contributed by atoms with Gasteiger partial charge in [-0.3, -0.25) is 18.6 Å². The van der Waals surface area contributed by atoms with Crippen molar-refractivity contribution in [2.24, 2.45) is 0 Å². The summed E-state index contributed by atoms with van der Waals surface area (Å²) in [4.78, 5) is 33.9. The molecule has 312 valence electrons. The molecule has 0 heterocycles. The lowest BCUT2D eigenvalue weighted by atomic mass is 10.0. The zero-order chi connectivity index (χ0) is 39.6. The summed E-state index contributed by atoms with van der Waals surface area (Å²) in [6.07, 6.45) is 47.3. The zero-order valence-corrected chi connectivity index (χ0v) is 35.0. The molecule has 0 aliphatic carbocycles. The van der Waals surface area contributed by atoms with E-state index in [1.54, 1.807) is 0 Å². The van der Waals surface area contributed by atoms with E-state index in [1.165, 1.54) is 83.5 Å². The van der Waals surface area contributed by atoms with Gasteiger partial charge in [0, 0.05) is 19.4 Å². The van der Waals surface area contributed by atoms with Gasteiger partial charge in [0.2, 0.25) is 5.91 Å². The highest BCUT2D eigenvalue weighted by molar-refractivity contribution is 7.47. The molecule has 0 saturated carbocycles. The molecule has 2 unspecified atom stereocenters. The van der Waals surface area contributed by atoms with E-state index in [1.807, 2.05) is 0 Å². The normalized spacial score (nSPS) is 13.9. The summed E-state index contributed by atoms with van der Waals surface area (Å²) in [5, 5.41) is 12.6. The molecule has 0 aromatic carbocycles. The minimum atomic E-state index is -4.43. The fraction of sp³-hybridized carbons (Fsp3) is 0.727. The maximum Gasteiger partial charge on any atom is 0.472 e. The van der Waals surface area contributed by atoms with Crippen LogP contribution >= 0.6 is 7.82 Å². The Kier molecular flexibility index (Phi) is 38.7. The predicted octanol–water partition coefficient (Wildman–Crippen LogP) is 11.7. The lowest BCUT2D eigenvalue weighted by Crippen LogP contribution is -2.27. The van der Waals surface area contributed by atoms with Crippen LogP contribution in [0.5, 0.6) is 0 Å². The topological polar surface area (TPSA) is 131 Å². The Morgan fingerprint density at radius 1 is 0.593 bits per heavy atom. The van der Waals surface area contributed by atoms with E-state index in [2.05, 4.69) is 79.9 Å². The Morgan fingerprint density at radius 2 is 1.06 bits per heavy atom.